The van der Waals surface area contributed by atoms with Crippen molar-refractivity contribution >= 4 is 58.1 Å². The molecule has 2 N–H and O–H groups in total. The summed E-state index contributed by atoms with van der Waals surface area (Å²) in [4.78, 5) is 34.3. The van der Waals surface area contributed by atoms with Crippen molar-refractivity contribution in [2.75, 3.05) is 18.9 Å². The number of pyridine rings is 1. The second-order valence-electron chi connectivity index (χ2n) is 8.26. The average molecular weight is 617 g/mol. The number of halogens is 1. The number of aromatic nitrogens is 2. The van der Waals surface area contributed by atoms with Gasteiger partial charge in [0.25, 0.3) is 0 Å². The number of hydrogen-bond donors (Lipinski definition) is 1. The third-order valence-corrected chi connectivity index (χ3v) is 7.68. The largest absolute Gasteiger partial charge is 0.545 e. The van der Waals surface area contributed by atoms with Crippen LogP contribution < -0.4 is 15.6 Å². The Balaban J connectivity index is 1.48. The molecule has 210 valence electrons. The van der Waals surface area contributed by atoms with Crippen molar-refractivity contribution in [2.45, 2.75) is 10.8 Å². The molecule has 2 heterocycles. The van der Waals surface area contributed by atoms with E-state index >= 15 is 0 Å². The van der Waals surface area contributed by atoms with Crippen LogP contribution >= 0.6 is 34.7 Å². The molecule has 0 unspecified atom stereocenters. The highest BCUT2D eigenvalue weighted by molar-refractivity contribution is 7.98. The Labute approximate surface area is 253 Å². The van der Waals surface area contributed by atoms with Crippen molar-refractivity contribution in [3.8, 4) is 33.5 Å². The van der Waals surface area contributed by atoms with Crippen molar-refractivity contribution in [1.29, 1.82) is 5.26 Å². The van der Waals surface area contributed by atoms with Gasteiger partial charge >= 0.3 is 5.97 Å². The maximum atomic E-state index is 11.4. The maximum absolute atomic E-state index is 11.4. The lowest BCUT2D eigenvalue weighted by atomic mass is 10.00. The third kappa shape index (κ3) is 7.65. The molecule has 4 aromatic rings. The summed E-state index contributed by atoms with van der Waals surface area (Å²) >= 11 is 8.78. The lowest BCUT2D eigenvalue weighted by Gasteiger charge is -2.13. The van der Waals surface area contributed by atoms with Crippen molar-refractivity contribution in [1.82, 2.24) is 9.97 Å². The number of carbonyl (C=O) groups excluding carboxylic acids is 2. The predicted octanol–water partition coefficient (Wildman–Crippen LogP) is 5.05. The van der Waals surface area contributed by atoms with E-state index < -0.39 is 11.9 Å². The molecule has 2 aromatic heterocycles. The van der Waals surface area contributed by atoms with Crippen molar-refractivity contribution < 1.29 is 24.2 Å². The first-order valence-corrected chi connectivity index (χ1v) is 14.3. The molecule has 42 heavy (non-hydrogen) atoms. The summed E-state index contributed by atoms with van der Waals surface area (Å²) in [5.74, 6) is -1.46. The number of anilines is 1. The SMILES string of the molecule is [C-]#[N+]c1c(N)nc(SCc2csc(-c3ccc(Cl)cc3)n2)c(C#N)c1-c1ccc(OCCOC(=O)/C=C\C(=O)[O-])cc1. The van der Waals surface area contributed by atoms with Crippen molar-refractivity contribution in [3.63, 3.8) is 0 Å². The Morgan fingerprint density at radius 2 is 1.83 bits per heavy atom. The third-order valence-electron chi connectivity index (χ3n) is 5.48. The summed E-state index contributed by atoms with van der Waals surface area (Å²) in [7, 11) is 0. The first-order chi connectivity index (χ1) is 20.3. The average Bonchev–Trinajstić information content (AvgIpc) is 3.46. The number of nitrogen functional groups attached to an aromatic ring is 1. The van der Waals surface area contributed by atoms with Crippen LogP contribution in [-0.4, -0.2) is 35.1 Å². The number of thioether (sulfide) groups is 1. The predicted molar refractivity (Wildman–Crippen MR) is 158 cm³/mol. The van der Waals surface area contributed by atoms with Crippen LogP contribution in [0.2, 0.25) is 5.02 Å². The van der Waals surface area contributed by atoms with Crippen LogP contribution in [0.5, 0.6) is 5.75 Å². The molecule has 0 saturated heterocycles. The van der Waals surface area contributed by atoms with Gasteiger partial charge in [-0.05, 0) is 35.9 Å². The number of ether oxygens (including phenoxy) is 2. The Morgan fingerprint density at radius 3 is 2.50 bits per heavy atom. The number of nitrogens with zero attached hydrogens (tertiary/aromatic N) is 4. The first-order valence-electron chi connectivity index (χ1n) is 12.0. The number of carbonyl (C=O) groups is 2. The van der Waals surface area contributed by atoms with E-state index in [2.05, 4.69) is 20.9 Å². The van der Waals surface area contributed by atoms with Gasteiger partial charge in [0.05, 0.1) is 23.8 Å². The minimum atomic E-state index is -1.51. The number of nitriles is 1. The van der Waals surface area contributed by atoms with Gasteiger partial charge < -0.3 is 25.1 Å². The smallest absolute Gasteiger partial charge is 0.330 e. The van der Waals surface area contributed by atoms with Gasteiger partial charge in [-0.15, -0.1) is 11.3 Å². The fraction of sp³-hybridized carbons (Fsp3) is 0.103. The van der Waals surface area contributed by atoms with E-state index in [9.17, 15) is 20.0 Å². The molecule has 0 aliphatic rings. The standard InChI is InChI=1S/C29H20ClN5O5S2/c1-33-26-25(17-4-8-21(9-5-17)39-12-13-40-24(38)11-10-23(36)37)22(14-31)29(35-27(26)32)42-16-20-15-41-28(34-20)18-2-6-19(30)7-3-18/h2-11,15H,12-13,16H2,(H2,32,35)(H,36,37)/p-1/b11-10-. The summed E-state index contributed by atoms with van der Waals surface area (Å²) < 4.78 is 10.4. The van der Waals surface area contributed by atoms with Gasteiger partial charge in [-0.1, -0.05) is 47.6 Å². The maximum Gasteiger partial charge on any atom is 0.330 e. The number of carboxylic acids is 1. The molecular weight excluding hydrogens is 598 g/mol. The Kier molecular flexibility index (Phi) is 10.1. The van der Waals surface area contributed by atoms with E-state index in [4.69, 9.17) is 33.4 Å². The molecule has 2 aromatic carbocycles. The Morgan fingerprint density at radius 1 is 1.12 bits per heavy atom. The van der Waals surface area contributed by atoms with E-state index in [-0.39, 0.29) is 30.3 Å². The zero-order chi connectivity index (χ0) is 30.1. The topological polar surface area (TPSA) is 156 Å². The molecule has 0 radical (unpaired) electrons. The molecule has 0 amide bonds. The number of nitrogens with two attached hydrogens (primary N) is 1. The molecule has 0 fully saturated rings. The second kappa shape index (κ2) is 14.1. The van der Waals surface area contributed by atoms with E-state index in [1.807, 2.05) is 17.5 Å². The van der Waals surface area contributed by atoms with Crippen LogP contribution in [0.3, 0.4) is 0 Å². The highest BCUT2D eigenvalue weighted by atomic mass is 35.5. The summed E-state index contributed by atoms with van der Waals surface area (Å²) in [5.41, 5.74) is 9.12. The minimum Gasteiger partial charge on any atom is -0.545 e. The number of carboxylic acid groups (broad SMARTS) is 1. The normalized spacial score (nSPS) is 10.6. The summed E-state index contributed by atoms with van der Waals surface area (Å²) in [6.07, 6.45) is 1.32. The van der Waals surface area contributed by atoms with E-state index in [1.165, 1.54) is 23.1 Å². The van der Waals surface area contributed by atoms with Crippen molar-refractivity contribution in [2.24, 2.45) is 0 Å². The van der Waals surface area contributed by atoms with E-state index in [0.29, 0.717) is 38.8 Å². The number of hydrogen-bond acceptors (Lipinski definition) is 11. The summed E-state index contributed by atoms with van der Waals surface area (Å²) in [6.45, 7) is 7.56. The van der Waals surface area contributed by atoms with Crippen molar-refractivity contribution in [3.05, 3.63) is 93.8 Å². The van der Waals surface area contributed by atoms with Crippen LogP contribution in [-0.2, 0) is 20.1 Å². The number of rotatable bonds is 11. The van der Waals surface area contributed by atoms with E-state index in [1.54, 1.807) is 36.4 Å². The molecule has 0 bridgehead atoms. The number of thiazole rings is 1. The molecule has 13 heteroatoms. The fourth-order valence-corrected chi connectivity index (χ4v) is 5.56. The van der Waals surface area contributed by atoms with Gasteiger partial charge in [-0.25, -0.2) is 19.6 Å². The second-order valence-corrected chi connectivity index (χ2v) is 10.5. The number of benzene rings is 2. The van der Waals surface area contributed by atoms with Gasteiger partial charge in [0.1, 0.15) is 40.9 Å². The highest BCUT2D eigenvalue weighted by Crippen LogP contribution is 2.42. The zero-order valence-corrected chi connectivity index (χ0v) is 24.0. The molecule has 0 aliphatic heterocycles. The summed E-state index contributed by atoms with van der Waals surface area (Å²) in [5, 5.41) is 24.2. The van der Waals surface area contributed by atoms with Crippen LogP contribution in [0, 0.1) is 17.9 Å². The van der Waals surface area contributed by atoms with Crippen LogP contribution in [0.15, 0.2) is 71.1 Å². The van der Waals surface area contributed by atoms with Gasteiger partial charge in [0.2, 0.25) is 5.69 Å². The Hall–Kier alpha value is -4.88. The van der Waals surface area contributed by atoms with Gasteiger partial charge in [0, 0.05) is 33.4 Å². The molecule has 10 nitrogen and oxygen atoms in total. The molecule has 0 saturated carbocycles. The minimum absolute atomic E-state index is 0.0107. The molecule has 0 spiro atoms. The monoisotopic (exact) mass is 616 g/mol. The molecular formula is C29H19ClN5O5S2-. The number of esters is 1. The van der Waals surface area contributed by atoms with Gasteiger partial charge in [0.15, 0.2) is 0 Å². The first kappa shape index (κ1) is 30.1. The van der Waals surface area contributed by atoms with Crippen LogP contribution in [0.25, 0.3) is 26.5 Å². The Bertz CT molecular complexity index is 1730. The van der Waals surface area contributed by atoms with Gasteiger partial charge in [-0.2, -0.15) is 5.26 Å². The highest BCUT2D eigenvalue weighted by Gasteiger charge is 2.21. The number of aliphatic carboxylic acids is 1. The lowest BCUT2D eigenvalue weighted by Crippen LogP contribution is -2.19. The molecule has 0 aliphatic carbocycles. The molecule has 4 rings (SSSR count). The van der Waals surface area contributed by atoms with Gasteiger partial charge in [-0.3, -0.25) is 0 Å². The zero-order valence-electron chi connectivity index (χ0n) is 21.6. The fourth-order valence-electron chi connectivity index (χ4n) is 3.62. The van der Waals surface area contributed by atoms with Crippen LogP contribution in [0.4, 0.5) is 11.5 Å². The van der Waals surface area contributed by atoms with E-state index in [0.717, 1.165) is 22.3 Å². The summed E-state index contributed by atoms with van der Waals surface area (Å²) in [6, 6.07) is 16.2. The quantitative estimate of drug-likeness (QED) is 0.0795. The molecule has 0 atom stereocenters. The lowest BCUT2D eigenvalue weighted by molar-refractivity contribution is -0.297. The van der Waals surface area contributed by atoms with Crippen LogP contribution in [0.1, 0.15) is 11.3 Å².